The van der Waals surface area contributed by atoms with E-state index in [0.29, 0.717) is 5.92 Å². The van der Waals surface area contributed by atoms with Gasteiger partial charge < -0.3 is 4.98 Å². The van der Waals surface area contributed by atoms with Crippen molar-refractivity contribution in [3.05, 3.63) is 23.5 Å². The number of rotatable bonds is 1. The third kappa shape index (κ3) is 1.32. The largest absolute Gasteiger partial charge is 0.364 e. The first kappa shape index (κ1) is 9.76. The average Bonchev–Trinajstić information content (AvgIpc) is 2.75. The maximum Gasteiger partial charge on any atom is 0.101 e. The first-order valence-electron chi connectivity index (χ1n) is 6.92. The number of aromatic amines is 1. The Balaban J connectivity index is 1.73. The van der Waals surface area contributed by atoms with E-state index in [1.54, 1.807) is 0 Å². The molecule has 0 aliphatic heterocycles. The quantitative estimate of drug-likeness (QED) is 0.783. The molecule has 1 heterocycles. The molecule has 0 atom stereocenters. The molecule has 5 rings (SSSR count). The molecule has 1 aromatic heterocycles. The van der Waals surface area contributed by atoms with Gasteiger partial charge in [-0.1, -0.05) is 0 Å². The Morgan fingerprint density at radius 1 is 1.06 bits per heavy atom. The van der Waals surface area contributed by atoms with Gasteiger partial charge in [-0.15, -0.1) is 0 Å². The molecule has 2 heteroatoms. The lowest BCUT2D eigenvalue weighted by molar-refractivity contribution is -0.00407. The highest BCUT2D eigenvalue weighted by Crippen LogP contribution is 2.59. The zero-order valence-corrected chi connectivity index (χ0v) is 10.0. The number of nitriles is 1. The fourth-order valence-corrected chi connectivity index (χ4v) is 5.15. The van der Waals surface area contributed by atoms with Crippen molar-refractivity contribution >= 4 is 0 Å². The molecular weight excluding hydrogens is 208 g/mol. The van der Waals surface area contributed by atoms with E-state index in [2.05, 4.69) is 11.1 Å². The van der Waals surface area contributed by atoms with Crippen LogP contribution in [-0.2, 0) is 0 Å². The van der Waals surface area contributed by atoms with Gasteiger partial charge in [-0.25, -0.2) is 0 Å². The van der Waals surface area contributed by atoms with Gasteiger partial charge in [0.2, 0.25) is 0 Å². The molecular formula is C15H18N2. The van der Waals surface area contributed by atoms with Crippen LogP contribution in [0.25, 0.3) is 0 Å². The number of H-pyrrole nitrogens is 1. The Bertz CT molecular complexity index is 451. The molecule has 4 saturated carbocycles. The highest BCUT2D eigenvalue weighted by molar-refractivity contribution is 5.37. The number of hydrogen-bond donors (Lipinski definition) is 1. The Kier molecular flexibility index (Phi) is 1.94. The fraction of sp³-hybridized carbons (Fsp3) is 0.667. The van der Waals surface area contributed by atoms with Crippen molar-refractivity contribution in [1.82, 2.24) is 4.98 Å². The van der Waals surface area contributed by atoms with Crippen LogP contribution in [0.2, 0.25) is 0 Å². The third-order valence-electron chi connectivity index (χ3n) is 5.46. The van der Waals surface area contributed by atoms with Crippen LogP contribution in [0.4, 0.5) is 0 Å². The summed E-state index contributed by atoms with van der Waals surface area (Å²) in [7, 11) is 0. The van der Waals surface area contributed by atoms with E-state index in [9.17, 15) is 5.26 Å². The maximum absolute atomic E-state index is 9.19. The molecule has 17 heavy (non-hydrogen) atoms. The number of nitrogens with zero attached hydrogens (tertiary/aromatic N) is 1. The molecule has 0 radical (unpaired) electrons. The van der Waals surface area contributed by atoms with Crippen molar-refractivity contribution in [1.29, 1.82) is 5.26 Å². The molecule has 0 aromatic carbocycles. The minimum atomic E-state index is 0.660. The van der Waals surface area contributed by atoms with E-state index < -0.39 is 0 Å². The van der Waals surface area contributed by atoms with Gasteiger partial charge in [0.15, 0.2) is 0 Å². The number of nitrogens with one attached hydrogen (secondary N) is 1. The maximum atomic E-state index is 9.19. The summed E-state index contributed by atoms with van der Waals surface area (Å²) in [5.74, 6) is 4.39. The van der Waals surface area contributed by atoms with E-state index >= 15 is 0 Å². The summed E-state index contributed by atoms with van der Waals surface area (Å²) in [5.41, 5.74) is 2.14. The lowest BCUT2D eigenvalue weighted by Gasteiger charge is -2.54. The van der Waals surface area contributed by atoms with Crippen LogP contribution in [0.1, 0.15) is 49.3 Å². The van der Waals surface area contributed by atoms with Crippen molar-refractivity contribution in [2.75, 3.05) is 0 Å². The molecule has 88 valence electrons. The number of aromatic nitrogens is 1. The Morgan fingerprint density at radius 2 is 1.71 bits per heavy atom. The predicted octanol–water partition coefficient (Wildman–Crippen LogP) is 3.43. The van der Waals surface area contributed by atoms with Gasteiger partial charge in [0.05, 0.1) is 5.56 Å². The van der Waals surface area contributed by atoms with E-state index in [4.69, 9.17) is 0 Å². The molecule has 1 N–H and O–H groups in total. The van der Waals surface area contributed by atoms with Gasteiger partial charge in [0.1, 0.15) is 6.07 Å². The van der Waals surface area contributed by atoms with Gasteiger partial charge in [0, 0.05) is 17.8 Å². The van der Waals surface area contributed by atoms with Crippen LogP contribution in [0.15, 0.2) is 12.3 Å². The van der Waals surface area contributed by atoms with Crippen LogP contribution in [0.5, 0.6) is 0 Å². The van der Waals surface area contributed by atoms with Crippen molar-refractivity contribution in [3.8, 4) is 6.07 Å². The van der Waals surface area contributed by atoms with Crippen molar-refractivity contribution < 1.29 is 0 Å². The molecule has 4 fully saturated rings. The topological polar surface area (TPSA) is 39.6 Å². The normalized spacial score (nSPS) is 42.6. The second-order valence-corrected chi connectivity index (χ2v) is 6.37. The zero-order chi connectivity index (χ0) is 11.4. The lowest BCUT2D eigenvalue weighted by atomic mass is 9.51. The van der Waals surface area contributed by atoms with E-state index in [-0.39, 0.29) is 0 Å². The molecule has 2 nitrogen and oxygen atoms in total. The monoisotopic (exact) mass is 226 g/mol. The molecule has 0 amide bonds. The minimum Gasteiger partial charge on any atom is -0.364 e. The minimum absolute atomic E-state index is 0.660. The van der Waals surface area contributed by atoms with Crippen LogP contribution in [0.3, 0.4) is 0 Å². The summed E-state index contributed by atoms with van der Waals surface area (Å²) in [6, 6.07) is 4.30. The smallest absolute Gasteiger partial charge is 0.101 e. The van der Waals surface area contributed by atoms with Crippen molar-refractivity contribution in [2.45, 2.75) is 38.0 Å². The van der Waals surface area contributed by atoms with E-state index in [1.807, 2.05) is 12.3 Å². The molecule has 0 unspecified atom stereocenters. The van der Waals surface area contributed by atoms with E-state index in [1.165, 1.54) is 37.8 Å². The molecule has 1 aromatic rings. The standard InChI is InChI=1S/C15H18N2/c16-8-11-1-2-17-15(11)14-12-4-9-3-10(6-12)7-13(14)5-9/h1-2,9-10,12-14,17H,3-7H2. The first-order valence-corrected chi connectivity index (χ1v) is 6.92. The van der Waals surface area contributed by atoms with Gasteiger partial charge in [-0.2, -0.15) is 5.26 Å². The summed E-state index contributed by atoms with van der Waals surface area (Å²) >= 11 is 0. The van der Waals surface area contributed by atoms with Gasteiger partial charge >= 0.3 is 0 Å². The summed E-state index contributed by atoms with van der Waals surface area (Å²) in [5, 5.41) is 9.19. The average molecular weight is 226 g/mol. The van der Waals surface area contributed by atoms with Crippen LogP contribution in [-0.4, -0.2) is 4.98 Å². The first-order chi connectivity index (χ1) is 8.35. The van der Waals surface area contributed by atoms with Gasteiger partial charge in [0.25, 0.3) is 0 Å². The van der Waals surface area contributed by atoms with Crippen LogP contribution < -0.4 is 0 Å². The zero-order valence-electron chi connectivity index (χ0n) is 10.0. The molecule has 4 aliphatic carbocycles. The Morgan fingerprint density at radius 3 is 2.29 bits per heavy atom. The second-order valence-electron chi connectivity index (χ2n) is 6.37. The Hall–Kier alpha value is -1.23. The lowest BCUT2D eigenvalue weighted by Crippen LogP contribution is -2.44. The summed E-state index contributed by atoms with van der Waals surface area (Å²) in [6.07, 6.45) is 9.11. The second kappa shape index (κ2) is 3.38. The molecule has 4 aliphatic rings. The molecule has 0 spiro atoms. The highest BCUT2D eigenvalue weighted by Gasteiger charge is 2.49. The summed E-state index contributed by atoms with van der Waals surface area (Å²) in [4.78, 5) is 3.36. The summed E-state index contributed by atoms with van der Waals surface area (Å²) < 4.78 is 0. The number of hydrogen-bond acceptors (Lipinski definition) is 1. The van der Waals surface area contributed by atoms with Crippen molar-refractivity contribution in [2.24, 2.45) is 23.7 Å². The highest BCUT2D eigenvalue weighted by atomic mass is 14.7. The summed E-state index contributed by atoms with van der Waals surface area (Å²) in [6.45, 7) is 0. The molecule has 0 saturated heterocycles. The SMILES string of the molecule is N#Cc1cc[nH]c1C1C2CC3CC(C2)CC1C3. The Labute approximate surface area is 102 Å². The van der Waals surface area contributed by atoms with Crippen LogP contribution >= 0.6 is 0 Å². The van der Waals surface area contributed by atoms with Crippen LogP contribution in [0, 0.1) is 35.0 Å². The van der Waals surface area contributed by atoms with Gasteiger partial charge in [-0.3, -0.25) is 0 Å². The van der Waals surface area contributed by atoms with Crippen molar-refractivity contribution in [3.63, 3.8) is 0 Å². The predicted molar refractivity (Wildman–Crippen MR) is 65.3 cm³/mol. The fourth-order valence-electron chi connectivity index (χ4n) is 5.15. The molecule has 4 bridgehead atoms. The van der Waals surface area contributed by atoms with E-state index in [0.717, 1.165) is 29.2 Å². The third-order valence-corrected chi connectivity index (χ3v) is 5.46. The van der Waals surface area contributed by atoms with Gasteiger partial charge in [-0.05, 0) is 61.8 Å².